The molecule has 8 heteroatoms. The first-order chi connectivity index (χ1) is 11.9. The molecule has 0 radical (unpaired) electrons. The standard InChI is InChI=1S/C17H19N5O2S/c1-17(2,3)13-10-18-15(24-13)6-5-12-9-19-16(25-12)21-14(23)11-22-8-4-7-20-22/h4-10H,11H2,1-3H3,(H,19,21,23)/b6-5+. The number of thiazole rings is 1. The molecule has 0 fully saturated rings. The van der Waals surface area contributed by atoms with Crippen LogP contribution in [0, 0.1) is 0 Å². The Bertz CT molecular complexity index is 871. The summed E-state index contributed by atoms with van der Waals surface area (Å²) in [4.78, 5) is 21.3. The van der Waals surface area contributed by atoms with Gasteiger partial charge < -0.3 is 9.73 Å². The minimum atomic E-state index is -0.170. The van der Waals surface area contributed by atoms with Crippen molar-refractivity contribution >= 4 is 34.5 Å². The molecule has 0 bridgehead atoms. The van der Waals surface area contributed by atoms with Crippen LogP contribution in [0.5, 0.6) is 0 Å². The Morgan fingerprint density at radius 3 is 2.84 bits per heavy atom. The lowest BCUT2D eigenvalue weighted by Gasteiger charge is -2.12. The van der Waals surface area contributed by atoms with E-state index in [1.807, 2.05) is 6.08 Å². The minimum Gasteiger partial charge on any atom is -0.441 e. The van der Waals surface area contributed by atoms with E-state index in [1.165, 1.54) is 11.3 Å². The van der Waals surface area contributed by atoms with Gasteiger partial charge in [0.15, 0.2) is 5.13 Å². The molecule has 0 aliphatic carbocycles. The number of carbonyl (C=O) groups is 1. The van der Waals surface area contributed by atoms with Crippen LogP contribution in [-0.4, -0.2) is 25.7 Å². The third-order valence-corrected chi connectivity index (χ3v) is 4.17. The number of oxazole rings is 1. The molecule has 0 aromatic carbocycles. The van der Waals surface area contributed by atoms with Crippen molar-refractivity contribution in [1.82, 2.24) is 19.7 Å². The van der Waals surface area contributed by atoms with E-state index < -0.39 is 0 Å². The van der Waals surface area contributed by atoms with Gasteiger partial charge in [0.2, 0.25) is 11.8 Å². The molecular formula is C17H19N5O2S. The summed E-state index contributed by atoms with van der Waals surface area (Å²) >= 11 is 1.38. The summed E-state index contributed by atoms with van der Waals surface area (Å²) in [6.07, 6.45) is 10.5. The summed E-state index contributed by atoms with van der Waals surface area (Å²) in [7, 11) is 0. The summed E-state index contributed by atoms with van der Waals surface area (Å²) in [6.45, 7) is 6.37. The number of hydrogen-bond donors (Lipinski definition) is 1. The van der Waals surface area contributed by atoms with Crippen molar-refractivity contribution < 1.29 is 9.21 Å². The number of amides is 1. The van der Waals surface area contributed by atoms with Gasteiger partial charge in [-0.15, -0.1) is 0 Å². The second-order valence-electron chi connectivity index (χ2n) is 6.47. The third-order valence-electron chi connectivity index (χ3n) is 3.29. The van der Waals surface area contributed by atoms with Crippen molar-refractivity contribution in [3.05, 3.63) is 47.4 Å². The summed E-state index contributed by atoms with van der Waals surface area (Å²) in [5.74, 6) is 1.21. The van der Waals surface area contributed by atoms with Crippen LogP contribution in [0.25, 0.3) is 12.2 Å². The Morgan fingerprint density at radius 2 is 2.16 bits per heavy atom. The summed E-state index contributed by atoms with van der Waals surface area (Å²) in [5, 5.41) is 7.29. The summed E-state index contributed by atoms with van der Waals surface area (Å²) in [6, 6.07) is 1.77. The molecule has 25 heavy (non-hydrogen) atoms. The largest absolute Gasteiger partial charge is 0.441 e. The van der Waals surface area contributed by atoms with E-state index >= 15 is 0 Å². The van der Waals surface area contributed by atoms with Gasteiger partial charge in [-0.25, -0.2) is 9.97 Å². The van der Waals surface area contributed by atoms with Gasteiger partial charge in [0.25, 0.3) is 0 Å². The van der Waals surface area contributed by atoms with Gasteiger partial charge in [-0.1, -0.05) is 32.1 Å². The van der Waals surface area contributed by atoms with Crippen LogP contribution in [0.3, 0.4) is 0 Å². The van der Waals surface area contributed by atoms with E-state index in [2.05, 4.69) is 41.2 Å². The van der Waals surface area contributed by atoms with Crippen LogP contribution >= 0.6 is 11.3 Å². The molecule has 130 valence electrons. The normalized spacial score (nSPS) is 12.0. The first kappa shape index (κ1) is 17.1. The van der Waals surface area contributed by atoms with Crippen LogP contribution in [-0.2, 0) is 16.8 Å². The van der Waals surface area contributed by atoms with Gasteiger partial charge in [0.05, 0.1) is 6.20 Å². The highest BCUT2D eigenvalue weighted by Gasteiger charge is 2.18. The van der Waals surface area contributed by atoms with Crippen LogP contribution in [0.1, 0.15) is 37.3 Å². The van der Waals surface area contributed by atoms with E-state index in [0.717, 1.165) is 10.6 Å². The average molecular weight is 357 g/mol. The molecule has 3 rings (SSSR count). The second kappa shape index (κ2) is 7.02. The van der Waals surface area contributed by atoms with Crippen LogP contribution in [0.4, 0.5) is 5.13 Å². The molecule has 3 heterocycles. The Hall–Kier alpha value is -2.74. The molecular weight excluding hydrogens is 338 g/mol. The lowest BCUT2D eigenvalue weighted by molar-refractivity contribution is -0.116. The average Bonchev–Trinajstić information content (AvgIpc) is 3.25. The van der Waals surface area contributed by atoms with Gasteiger partial charge in [0.1, 0.15) is 12.3 Å². The number of aromatic nitrogens is 4. The first-order valence-electron chi connectivity index (χ1n) is 7.78. The maximum absolute atomic E-state index is 11.9. The maximum Gasteiger partial charge on any atom is 0.247 e. The van der Waals surface area contributed by atoms with E-state index in [-0.39, 0.29) is 17.9 Å². The number of hydrogen-bond acceptors (Lipinski definition) is 6. The fourth-order valence-corrected chi connectivity index (χ4v) is 2.72. The van der Waals surface area contributed by atoms with E-state index in [9.17, 15) is 4.79 Å². The smallest absolute Gasteiger partial charge is 0.247 e. The highest BCUT2D eigenvalue weighted by molar-refractivity contribution is 7.16. The monoisotopic (exact) mass is 357 g/mol. The molecule has 1 N–H and O–H groups in total. The predicted octanol–water partition coefficient (Wildman–Crippen LogP) is 3.43. The minimum absolute atomic E-state index is 0.0738. The maximum atomic E-state index is 11.9. The first-order valence-corrected chi connectivity index (χ1v) is 8.59. The van der Waals surface area contributed by atoms with Crippen molar-refractivity contribution in [3.8, 4) is 0 Å². The lowest BCUT2D eigenvalue weighted by Crippen LogP contribution is -2.18. The SMILES string of the molecule is CC(C)(C)c1cnc(/C=C/c2cnc(NC(=O)Cn3cccn3)s2)o1. The highest BCUT2D eigenvalue weighted by Crippen LogP contribution is 2.24. The van der Waals surface area contributed by atoms with Crippen LogP contribution in [0.15, 0.2) is 35.3 Å². The van der Waals surface area contributed by atoms with Crippen molar-refractivity contribution in [2.24, 2.45) is 0 Å². The van der Waals surface area contributed by atoms with Crippen molar-refractivity contribution in [3.63, 3.8) is 0 Å². The Kier molecular flexibility index (Phi) is 4.80. The highest BCUT2D eigenvalue weighted by atomic mass is 32.1. The molecule has 0 atom stereocenters. The van der Waals surface area contributed by atoms with Crippen molar-refractivity contribution in [2.75, 3.05) is 5.32 Å². The summed E-state index contributed by atoms with van der Waals surface area (Å²) < 4.78 is 7.26. The van der Waals surface area contributed by atoms with Gasteiger partial charge in [-0.3, -0.25) is 9.48 Å². The van der Waals surface area contributed by atoms with E-state index in [0.29, 0.717) is 11.0 Å². The molecule has 0 unspecified atom stereocenters. The molecule has 3 aromatic heterocycles. The molecule has 0 aliphatic heterocycles. The van der Waals surface area contributed by atoms with Crippen molar-refractivity contribution in [1.29, 1.82) is 0 Å². The van der Waals surface area contributed by atoms with Gasteiger partial charge in [-0.05, 0) is 12.1 Å². The zero-order valence-corrected chi connectivity index (χ0v) is 15.1. The molecule has 0 saturated carbocycles. The van der Waals surface area contributed by atoms with Crippen molar-refractivity contribution in [2.45, 2.75) is 32.7 Å². The Labute approximate surface area is 149 Å². The van der Waals surface area contributed by atoms with E-state index in [1.54, 1.807) is 41.6 Å². The van der Waals surface area contributed by atoms with Gasteiger partial charge in [-0.2, -0.15) is 5.10 Å². The van der Waals surface area contributed by atoms with Crippen LogP contribution in [0.2, 0.25) is 0 Å². The zero-order chi connectivity index (χ0) is 17.9. The number of nitrogens with one attached hydrogen (secondary N) is 1. The number of nitrogens with zero attached hydrogens (tertiary/aromatic N) is 4. The molecule has 1 amide bonds. The molecule has 0 saturated heterocycles. The molecule has 0 aliphatic rings. The van der Waals surface area contributed by atoms with Crippen LogP contribution < -0.4 is 5.32 Å². The molecule has 7 nitrogen and oxygen atoms in total. The number of anilines is 1. The van der Waals surface area contributed by atoms with E-state index in [4.69, 9.17) is 4.42 Å². The van der Waals surface area contributed by atoms with Gasteiger partial charge >= 0.3 is 0 Å². The Morgan fingerprint density at radius 1 is 1.32 bits per heavy atom. The lowest BCUT2D eigenvalue weighted by atomic mass is 9.94. The second-order valence-corrected chi connectivity index (χ2v) is 7.53. The topological polar surface area (TPSA) is 85.8 Å². The fraction of sp³-hybridized carbons (Fsp3) is 0.294. The third kappa shape index (κ3) is 4.63. The van der Waals surface area contributed by atoms with Gasteiger partial charge in [0, 0.05) is 35.0 Å². The predicted molar refractivity (Wildman–Crippen MR) is 97.1 cm³/mol. The molecule has 3 aromatic rings. The summed E-state index contributed by atoms with van der Waals surface area (Å²) in [5.41, 5.74) is -0.0738. The number of carbonyl (C=O) groups excluding carboxylic acids is 1. The zero-order valence-electron chi connectivity index (χ0n) is 14.3. The Balaban J connectivity index is 1.59. The molecule has 0 spiro atoms. The number of rotatable bonds is 5. The fourth-order valence-electron chi connectivity index (χ4n) is 1.99. The quantitative estimate of drug-likeness (QED) is 0.756.